The molecule has 0 aromatic heterocycles. The van der Waals surface area contributed by atoms with E-state index in [9.17, 15) is 0 Å². The zero-order chi connectivity index (χ0) is 17.1. The topological polar surface area (TPSA) is 0 Å². The van der Waals surface area contributed by atoms with E-state index in [4.69, 9.17) is 11.6 Å². The highest BCUT2D eigenvalue weighted by atomic mass is 35.5. The molecule has 0 amide bonds. The van der Waals surface area contributed by atoms with Crippen LogP contribution in [-0.4, -0.2) is 0 Å². The van der Waals surface area contributed by atoms with Crippen LogP contribution in [0.15, 0.2) is 97.1 Å². The van der Waals surface area contributed by atoms with Gasteiger partial charge in [0.1, 0.15) is 0 Å². The highest BCUT2D eigenvalue weighted by molar-refractivity contribution is 6.30. The van der Waals surface area contributed by atoms with Gasteiger partial charge in [-0.25, -0.2) is 0 Å². The van der Waals surface area contributed by atoms with Crippen molar-refractivity contribution in [3.8, 4) is 33.4 Å². The molecule has 4 aromatic rings. The molecule has 0 heterocycles. The highest BCUT2D eigenvalue weighted by Crippen LogP contribution is 2.29. The minimum atomic E-state index is 0.749. The van der Waals surface area contributed by atoms with Crippen molar-refractivity contribution in [1.29, 1.82) is 0 Å². The maximum atomic E-state index is 5.99. The lowest BCUT2D eigenvalue weighted by molar-refractivity contribution is 1.57. The first-order valence-corrected chi connectivity index (χ1v) is 8.60. The molecule has 0 atom stereocenters. The summed E-state index contributed by atoms with van der Waals surface area (Å²) in [4.78, 5) is 0. The average Bonchev–Trinajstić information content (AvgIpc) is 2.69. The van der Waals surface area contributed by atoms with Crippen LogP contribution in [0.1, 0.15) is 0 Å². The van der Waals surface area contributed by atoms with Crippen molar-refractivity contribution in [2.75, 3.05) is 0 Å². The number of benzene rings is 4. The van der Waals surface area contributed by atoms with Crippen LogP contribution in [0.4, 0.5) is 0 Å². The molecule has 0 saturated carbocycles. The summed E-state index contributed by atoms with van der Waals surface area (Å²) < 4.78 is 0. The normalized spacial score (nSPS) is 10.6. The van der Waals surface area contributed by atoms with E-state index in [0.29, 0.717) is 0 Å². The van der Waals surface area contributed by atoms with Crippen LogP contribution >= 0.6 is 11.6 Å². The predicted octanol–water partition coefficient (Wildman–Crippen LogP) is 7.14. The monoisotopic (exact) mass is 339 g/mol. The Labute approximate surface area is 153 Å². The fraction of sp³-hybridized carbons (Fsp3) is 0. The third kappa shape index (κ3) is 3.50. The molecular formula is C24H16Cl. The molecule has 0 fully saturated rings. The van der Waals surface area contributed by atoms with Gasteiger partial charge in [0.15, 0.2) is 0 Å². The van der Waals surface area contributed by atoms with Gasteiger partial charge in [0.05, 0.1) is 0 Å². The summed E-state index contributed by atoms with van der Waals surface area (Å²) in [7, 11) is 0. The molecule has 25 heavy (non-hydrogen) atoms. The molecule has 0 N–H and O–H groups in total. The van der Waals surface area contributed by atoms with E-state index in [1.807, 2.05) is 42.5 Å². The Kier molecular flexibility index (Phi) is 4.37. The largest absolute Gasteiger partial charge is 0.0843 e. The van der Waals surface area contributed by atoms with Crippen LogP contribution in [0.3, 0.4) is 0 Å². The Bertz CT molecular complexity index is 986. The average molecular weight is 340 g/mol. The van der Waals surface area contributed by atoms with Crippen LogP contribution in [0.25, 0.3) is 33.4 Å². The molecule has 1 radical (unpaired) electrons. The van der Waals surface area contributed by atoms with Gasteiger partial charge in [0.25, 0.3) is 0 Å². The Hall–Kier alpha value is -2.83. The molecule has 4 aromatic carbocycles. The van der Waals surface area contributed by atoms with E-state index in [0.717, 1.165) is 21.7 Å². The Balaban J connectivity index is 1.73. The van der Waals surface area contributed by atoms with E-state index in [-0.39, 0.29) is 0 Å². The maximum Gasteiger partial charge on any atom is 0.0406 e. The highest BCUT2D eigenvalue weighted by Gasteiger charge is 2.04. The molecule has 119 valence electrons. The molecule has 0 unspecified atom stereocenters. The minimum Gasteiger partial charge on any atom is -0.0843 e. The van der Waals surface area contributed by atoms with Crippen LogP contribution in [0, 0.1) is 6.07 Å². The summed E-state index contributed by atoms with van der Waals surface area (Å²) in [5, 5.41) is 0.749. The lowest BCUT2D eigenvalue weighted by atomic mass is 9.96. The van der Waals surface area contributed by atoms with E-state index in [2.05, 4.69) is 60.7 Å². The van der Waals surface area contributed by atoms with Crippen molar-refractivity contribution in [1.82, 2.24) is 0 Å². The molecule has 0 nitrogen and oxygen atoms in total. The molecule has 0 bridgehead atoms. The first-order chi connectivity index (χ1) is 12.3. The fourth-order valence-corrected chi connectivity index (χ4v) is 3.08. The molecule has 4 rings (SSSR count). The molecular weight excluding hydrogens is 324 g/mol. The van der Waals surface area contributed by atoms with Gasteiger partial charge in [-0.1, -0.05) is 72.3 Å². The first-order valence-electron chi connectivity index (χ1n) is 8.22. The SMILES string of the molecule is Clc1ccc(-c2c[c]cc(-c3cccc(-c4ccccc4)c3)c2)cc1. The molecule has 0 aliphatic carbocycles. The van der Waals surface area contributed by atoms with Crippen LogP contribution < -0.4 is 0 Å². The van der Waals surface area contributed by atoms with Gasteiger partial charge in [-0.15, -0.1) is 0 Å². The fourth-order valence-electron chi connectivity index (χ4n) is 2.96. The van der Waals surface area contributed by atoms with Crippen LogP contribution in [0.5, 0.6) is 0 Å². The zero-order valence-electron chi connectivity index (χ0n) is 13.6. The van der Waals surface area contributed by atoms with Crippen molar-refractivity contribution < 1.29 is 0 Å². The van der Waals surface area contributed by atoms with Gasteiger partial charge in [-0.3, -0.25) is 0 Å². The van der Waals surface area contributed by atoms with Gasteiger partial charge in [0.2, 0.25) is 0 Å². The smallest absolute Gasteiger partial charge is 0.0406 e. The second kappa shape index (κ2) is 6.96. The van der Waals surface area contributed by atoms with Gasteiger partial charge >= 0.3 is 0 Å². The lowest BCUT2D eigenvalue weighted by Gasteiger charge is -2.08. The second-order valence-corrected chi connectivity index (χ2v) is 6.40. The van der Waals surface area contributed by atoms with Crippen molar-refractivity contribution in [3.05, 3.63) is 108 Å². The second-order valence-electron chi connectivity index (χ2n) is 5.96. The van der Waals surface area contributed by atoms with E-state index < -0.39 is 0 Å². The van der Waals surface area contributed by atoms with Crippen molar-refractivity contribution in [3.63, 3.8) is 0 Å². The van der Waals surface area contributed by atoms with Gasteiger partial charge in [-0.2, -0.15) is 0 Å². The quantitative estimate of drug-likeness (QED) is 0.372. The Morgan fingerprint density at radius 1 is 0.480 bits per heavy atom. The van der Waals surface area contributed by atoms with Crippen molar-refractivity contribution in [2.45, 2.75) is 0 Å². The Morgan fingerprint density at radius 2 is 1.00 bits per heavy atom. The minimum absolute atomic E-state index is 0.749. The van der Waals surface area contributed by atoms with Crippen molar-refractivity contribution in [2.24, 2.45) is 0 Å². The van der Waals surface area contributed by atoms with Crippen LogP contribution in [-0.2, 0) is 0 Å². The number of hydrogen-bond acceptors (Lipinski definition) is 0. The summed E-state index contributed by atoms with van der Waals surface area (Å²) in [5.74, 6) is 0. The summed E-state index contributed by atoms with van der Waals surface area (Å²) in [6.45, 7) is 0. The van der Waals surface area contributed by atoms with Crippen molar-refractivity contribution >= 4 is 11.6 Å². The molecule has 1 heteroatoms. The summed E-state index contributed by atoms with van der Waals surface area (Å²) in [6.07, 6.45) is 0. The van der Waals surface area contributed by atoms with E-state index in [1.165, 1.54) is 16.7 Å². The van der Waals surface area contributed by atoms with E-state index in [1.54, 1.807) is 0 Å². The number of halogens is 1. The zero-order valence-corrected chi connectivity index (χ0v) is 14.4. The summed E-state index contributed by atoms with van der Waals surface area (Å²) in [5.41, 5.74) is 7.07. The van der Waals surface area contributed by atoms with Gasteiger partial charge < -0.3 is 0 Å². The van der Waals surface area contributed by atoms with Gasteiger partial charge in [0, 0.05) is 5.02 Å². The molecule has 0 spiro atoms. The predicted molar refractivity (Wildman–Crippen MR) is 107 cm³/mol. The van der Waals surface area contributed by atoms with E-state index >= 15 is 0 Å². The lowest BCUT2D eigenvalue weighted by Crippen LogP contribution is -1.83. The first kappa shape index (κ1) is 15.7. The van der Waals surface area contributed by atoms with Gasteiger partial charge in [-0.05, 0) is 75.8 Å². The third-order valence-corrected chi connectivity index (χ3v) is 4.52. The molecule has 0 aliphatic rings. The maximum absolute atomic E-state index is 5.99. The number of rotatable bonds is 3. The third-order valence-electron chi connectivity index (χ3n) is 4.27. The van der Waals surface area contributed by atoms with Crippen LogP contribution in [0.2, 0.25) is 5.02 Å². The Morgan fingerprint density at radius 3 is 1.72 bits per heavy atom. The standard InChI is InChI=1S/C24H16Cl/c25-24-14-12-19(13-15-24)21-9-5-11-23(17-21)22-10-4-8-20(16-22)18-6-2-1-3-7-18/h1-4,6-17H. The summed E-state index contributed by atoms with van der Waals surface area (Å²) in [6, 6.07) is 36.5. The summed E-state index contributed by atoms with van der Waals surface area (Å²) >= 11 is 5.99. The molecule has 0 saturated heterocycles. The molecule has 0 aliphatic heterocycles. The number of hydrogen-bond donors (Lipinski definition) is 0.